The van der Waals surface area contributed by atoms with Crippen LogP contribution >= 0.6 is 38.5 Å². The van der Waals surface area contributed by atoms with E-state index in [0.29, 0.717) is 0 Å². The monoisotopic (exact) mass is 1250 g/mol. The molecule has 7 heteroatoms. The van der Waals surface area contributed by atoms with Crippen LogP contribution < -0.4 is 5.32 Å². The number of anilines is 2. The molecule has 0 unspecified atom stereocenters. The summed E-state index contributed by atoms with van der Waals surface area (Å²) in [5.74, 6) is 0. The summed E-state index contributed by atoms with van der Waals surface area (Å²) in [4.78, 5) is 8.56. The van der Waals surface area contributed by atoms with E-state index in [0.717, 1.165) is 21.4 Å². The maximum atomic E-state index is 4.32. The third-order valence-electron chi connectivity index (χ3n) is 16.9. The van der Waals surface area contributed by atoms with E-state index in [1.807, 2.05) is 36.9 Å². The molecule has 16 rings (SSSR count). The Morgan fingerprint density at radius 1 is 0.361 bits per heavy atom. The quantitative estimate of drug-likeness (QED) is 0.169. The largest absolute Gasteiger partial charge is 0.355 e. The van der Waals surface area contributed by atoms with Crippen molar-refractivity contribution < 1.29 is 0 Å². The van der Waals surface area contributed by atoms with Gasteiger partial charge in [0.15, 0.2) is 0 Å². The average Bonchev–Trinajstić information content (AvgIpc) is 2.66. The van der Waals surface area contributed by atoms with E-state index in [9.17, 15) is 0 Å². The van der Waals surface area contributed by atoms with Crippen LogP contribution in [0.25, 0.3) is 99.5 Å². The van der Waals surface area contributed by atoms with Crippen molar-refractivity contribution in [1.82, 2.24) is 19.1 Å². The number of fused-ring (bicyclic) bond motifs is 12. The van der Waals surface area contributed by atoms with Crippen LogP contribution in [0.5, 0.6) is 0 Å². The first-order valence-corrected chi connectivity index (χ1v) is 30.0. The van der Waals surface area contributed by atoms with Crippen molar-refractivity contribution in [2.75, 3.05) is 5.32 Å². The molecule has 4 heterocycles. The molecule has 2 aliphatic rings. The maximum Gasteiger partial charge on any atom is 0.0542 e. The molecule has 83 heavy (non-hydrogen) atoms. The molecule has 0 saturated heterocycles. The highest BCUT2D eigenvalue weighted by Crippen LogP contribution is 2.52. The zero-order valence-corrected chi connectivity index (χ0v) is 50.2. The van der Waals surface area contributed by atoms with Crippen molar-refractivity contribution in [1.29, 1.82) is 0 Å². The van der Waals surface area contributed by atoms with Gasteiger partial charge in [-0.25, -0.2) is 0 Å². The van der Waals surface area contributed by atoms with Gasteiger partial charge in [0.25, 0.3) is 0 Å². The van der Waals surface area contributed by atoms with Crippen LogP contribution in [-0.2, 0) is 10.8 Å². The summed E-state index contributed by atoms with van der Waals surface area (Å²) in [6.45, 7) is 9.27. The summed E-state index contributed by atoms with van der Waals surface area (Å²) in [6, 6.07) is 87.0. The van der Waals surface area contributed by atoms with E-state index < -0.39 is 0 Å². The molecule has 0 spiro atoms. The second-order valence-corrected chi connectivity index (χ2v) is 24.8. The number of benzene rings is 10. The molecule has 400 valence electrons. The van der Waals surface area contributed by atoms with Crippen molar-refractivity contribution in [3.8, 4) is 55.9 Å². The van der Waals surface area contributed by atoms with Crippen molar-refractivity contribution in [2.24, 2.45) is 0 Å². The predicted molar refractivity (Wildman–Crippen MR) is 360 cm³/mol. The van der Waals surface area contributed by atoms with Gasteiger partial charge in [-0.2, -0.15) is 0 Å². The number of hydrogen-bond donors (Lipinski definition) is 1. The Labute approximate surface area is 506 Å². The van der Waals surface area contributed by atoms with Gasteiger partial charge in [-0.3, -0.25) is 9.97 Å². The van der Waals surface area contributed by atoms with Crippen LogP contribution in [0.1, 0.15) is 49.9 Å². The molecule has 0 atom stereocenters. The van der Waals surface area contributed by atoms with Gasteiger partial charge >= 0.3 is 0 Å². The Hall–Kier alpha value is -8.89. The van der Waals surface area contributed by atoms with E-state index in [1.165, 1.54) is 120 Å². The minimum atomic E-state index is -0.104. The Morgan fingerprint density at radius 3 is 1.31 bits per heavy atom. The lowest BCUT2D eigenvalue weighted by molar-refractivity contribution is 0.660. The molecule has 0 saturated carbocycles. The smallest absolute Gasteiger partial charge is 0.0542 e. The fourth-order valence-electron chi connectivity index (χ4n) is 12.8. The van der Waals surface area contributed by atoms with Crippen LogP contribution in [0.15, 0.2) is 272 Å². The Balaban J connectivity index is 0.000000123. The third-order valence-corrected chi connectivity index (χ3v) is 18.1. The SMILES string of the molecule is CC1(C)c2cc(Br)ccc2-c2ccc(-c3cccnc3)cc21.CC1(C)c2cc(Nc3ccc4c(c3)c3ccccc3n4-c3ccccc3)ccc2-c2ccc(-c3cccnc3)cc21.Ic1ccc2c(c1)c1ccccc1n2-c1ccccc1. The van der Waals surface area contributed by atoms with Crippen LogP contribution in [0.2, 0.25) is 0 Å². The lowest BCUT2D eigenvalue weighted by Gasteiger charge is -2.22. The predicted octanol–water partition coefficient (Wildman–Crippen LogP) is 21.1. The van der Waals surface area contributed by atoms with E-state index >= 15 is 0 Å². The van der Waals surface area contributed by atoms with E-state index in [-0.39, 0.29) is 10.8 Å². The van der Waals surface area contributed by atoms with Gasteiger partial charge in [0, 0.05) is 88.0 Å². The summed E-state index contributed by atoms with van der Waals surface area (Å²) in [7, 11) is 0. The number of aromatic nitrogens is 4. The van der Waals surface area contributed by atoms with E-state index in [4.69, 9.17) is 0 Å². The van der Waals surface area contributed by atoms with Crippen molar-refractivity contribution in [3.05, 3.63) is 298 Å². The molecule has 14 aromatic rings. The molecule has 0 fully saturated rings. The average molecular weight is 1250 g/mol. The highest BCUT2D eigenvalue weighted by Gasteiger charge is 2.37. The van der Waals surface area contributed by atoms with Gasteiger partial charge in [0.2, 0.25) is 0 Å². The number of para-hydroxylation sites is 4. The molecular formula is C76H57BrIN5. The normalized spacial score (nSPS) is 13.1. The van der Waals surface area contributed by atoms with Gasteiger partial charge in [-0.15, -0.1) is 0 Å². The number of nitrogens with one attached hydrogen (secondary N) is 1. The van der Waals surface area contributed by atoms with Crippen molar-refractivity contribution in [3.63, 3.8) is 0 Å². The molecule has 0 bridgehead atoms. The molecule has 0 radical (unpaired) electrons. The first kappa shape index (κ1) is 52.2. The minimum Gasteiger partial charge on any atom is -0.355 e. The lowest BCUT2D eigenvalue weighted by atomic mass is 9.81. The molecule has 5 nitrogen and oxygen atoms in total. The van der Waals surface area contributed by atoms with Crippen molar-refractivity contribution >= 4 is 93.5 Å². The summed E-state index contributed by atoms with van der Waals surface area (Å²) in [6.07, 6.45) is 7.50. The first-order chi connectivity index (χ1) is 40.5. The summed E-state index contributed by atoms with van der Waals surface area (Å²) < 4.78 is 7.09. The summed E-state index contributed by atoms with van der Waals surface area (Å²) >= 11 is 5.98. The highest BCUT2D eigenvalue weighted by molar-refractivity contribution is 14.1. The number of pyridine rings is 2. The molecule has 10 aromatic carbocycles. The Kier molecular flexibility index (Phi) is 13.3. The molecule has 0 aliphatic heterocycles. The van der Waals surface area contributed by atoms with Gasteiger partial charge in [-0.1, -0.05) is 165 Å². The van der Waals surface area contributed by atoms with Gasteiger partial charge in [0.05, 0.1) is 22.1 Å². The lowest BCUT2D eigenvalue weighted by Crippen LogP contribution is -2.15. The van der Waals surface area contributed by atoms with Crippen LogP contribution in [0, 0.1) is 3.57 Å². The molecule has 0 amide bonds. The zero-order chi connectivity index (χ0) is 56.4. The van der Waals surface area contributed by atoms with Crippen LogP contribution in [-0.4, -0.2) is 19.1 Å². The van der Waals surface area contributed by atoms with E-state index in [2.05, 4.69) is 321 Å². The van der Waals surface area contributed by atoms with Gasteiger partial charge < -0.3 is 14.5 Å². The second-order valence-electron chi connectivity index (χ2n) is 22.6. The zero-order valence-electron chi connectivity index (χ0n) is 46.4. The second kappa shape index (κ2) is 21.1. The fourth-order valence-corrected chi connectivity index (χ4v) is 13.7. The molecule has 2 aliphatic carbocycles. The number of rotatable bonds is 6. The van der Waals surface area contributed by atoms with Gasteiger partial charge in [0.1, 0.15) is 0 Å². The fraction of sp³-hybridized carbons (Fsp3) is 0.0789. The third kappa shape index (κ3) is 9.33. The molecular weight excluding hydrogens is 1190 g/mol. The van der Waals surface area contributed by atoms with Crippen LogP contribution in [0.3, 0.4) is 0 Å². The Morgan fingerprint density at radius 2 is 0.783 bits per heavy atom. The molecule has 4 aromatic heterocycles. The topological polar surface area (TPSA) is 47.7 Å². The minimum absolute atomic E-state index is 0.0205. The first-order valence-electron chi connectivity index (χ1n) is 28.1. The van der Waals surface area contributed by atoms with Crippen LogP contribution in [0.4, 0.5) is 11.4 Å². The van der Waals surface area contributed by atoms with E-state index in [1.54, 1.807) is 0 Å². The van der Waals surface area contributed by atoms with Gasteiger partial charge in [-0.05, 0) is 211 Å². The highest BCUT2D eigenvalue weighted by atomic mass is 127. The molecule has 1 N–H and O–H groups in total. The number of halogens is 2. The number of nitrogens with zero attached hydrogens (tertiary/aromatic N) is 4. The standard InChI is InChI=1S/C38H29N3.C20H16BrN.C18H12IN/c1-38(2)34-21-25(26-9-8-20-39-24-26)14-17-30(34)31-18-15-28(23-35(31)38)40-27-16-19-37-33(22-27)32-12-6-7-13-36(32)41(37)29-10-4-3-5-11-29;1-20(2)18-10-13(14-4-3-9-22-12-14)5-7-16(18)17-8-6-15(21)11-19(17)20;19-13-10-11-18-16(12-13)15-8-4-5-9-17(15)20(18)14-6-2-1-3-7-14/h3-24,40H,1-2H3;3-12H,1-2H3;1-12H. The number of hydrogen-bond acceptors (Lipinski definition) is 3. The Bertz CT molecular complexity index is 4780. The van der Waals surface area contributed by atoms with Crippen molar-refractivity contribution in [2.45, 2.75) is 38.5 Å². The maximum absolute atomic E-state index is 4.32. The summed E-state index contributed by atoms with van der Waals surface area (Å²) in [5.41, 5.74) is 25.0. The summed E-state index contributed by atoms with van der Waals surface area (Å²) in [5, 5.41) is 8.85.